The molecule has 1 unspecified atom stereocenters. The van der Waals surface area contributed by atoms with Crippen LogP contribution in [0.3, 0.4) is 0 Å². The SMILES string of the molecule is C[C@H](CC1SCCCS1)[C@H](C)OC1CCCCO1. The molecule has 0 spiro atoms. The minimum Gasteiger partial charge on any atom is -0.353 e. The number of thioether (sulfide) groups is 2. The molecule has 18 heavy (non-hydrogen) atoms. The summed E-state index contributed by atoms with van der Waals surface area (Å²) in [6.07, 6.45) is 6.54. The lowest BCUT2D eigenvalue weighted by molar-refractivity contribution is -0.193. The van der Waals surface area contributed by atoms with Crippen molar-refractivity contribution in [2.75, 3.05) is 18.1 Å². The summed E-state index contributed by atoms with van der Waals surface area (Å²) in [5.74, 6) is 3.30. The van der Waals surface area contributed by atoms with Crippen LogP contribution in [0.2, 0.25) is 0 Å². The van der Waals surface area contributed by atoms with Gasteiger partial charge >= 0.3 is 0 Å². The zero-order valence-electron chi connectivity index (χ0n) is 11.6. The van der Waals surface area contributed by atoms with E-state index in [2.05, 4.69) is 37.4 Å². The molecule has 0 saturated carbocycles. The molecule has 0 aromatic rings. The highest BCUT2D eigenvalue weighted by molar-refractivity contribution is 8.17. The number of rotatable bonds is 5. The van der Waals surface area contributed by atoms with Crippen LogP contribution in [0.1, 0.15) is 46.0 Å². The summed E-state index contributed by atoms with van der Waals surface area (Å²) in [6.45, 7) is 5.41. The fourth-order valence-electron chi connectivity index (χ4n) is 2.36. The summed E-state index contributed by atoms with van der Waals surface area (Å²) in [4.78, 5) is 0. The molecule has 2 aliphatic rings. The average Bonchev–Trinajstić information content (AvgIpc) is 2.41. The first-order chi connectivity index (χ1) is 8.75. The molecule has 106 valence electrons. The van der Waals surface area contributed by atoms with E-state index in [1.54, 1.807) is 0 Å². The highest BCUT2D eigenvalue weighted by atomic mass is 32.2. The molecule has 0 amide bonds. The fraction of sp³-hybridized carbons (Fsp3) is 1.00. The molecule has 3 atom stereocenters. The van der Waals surface area contributed by atoms with Gasteiger partial charge in [-0.3, -0.25) is 0 Å². The topological polar surface area (TPSA) is 18.5 Å². The standard InChI is InChI=1S/C14H26O2S2/c1-11(10-14-17-8-5-9-18-14)12(2)16-13-6-3-4-7-15-13/h11-14H,3-10H2,1-2H3/t11-,12+,13?/m1/s1. The van der Waals surface area contributed by atoms with Crippen LogP contribution in [-0.2, 0) is 9.47 Å². The smallest absolute Gasteiger partial charge is 0.157 e. The van der Waals surface area contributed by atoms with Gasteiger partial charge in [-0.1, -0.05) is 6.92 Å². The fourth-order valence-corrected chi connectivity index (χ4v) is 5.53. The van der Waals surface area contributed by atoms with Crippen LogP contribution in [0.4, 0.5) is 0 Å². The van der Waals surface area contributed by atoms with E-state index in [0.717, 1.165) is 17.6 Å². The first-order valence-electron chi connectivity index (χ1n) is 7.26. The molecular formula is C14H26O2S2. The lowest BCUT2D eigenvalue weighted by Gasteiger charge is -2.31. The van der Waals surface area contributed by atoms with Crippen molar-refractivity contribution >= 4 is 23.5 Å². The summed E-state index contributed by atoms with van der Waals surface area (Å²) in [5, 5.41) is 0. The van der Waals surface area contributed by atoms with E-state index in [1.165, 1.54) is 37.2 Å². The monoisotopic (exact) mass is 290 g/mol. The van der Waals surface area contributed by atoms with Gasteiger partial charge in [-0.25, -0.2) is 0 Å². The van der Waals surface area contributed by atoms with E-state index in [1.807, 2.05) is 0 Å². The van der Waals surface area contributed by atoms with E-state index in [4.69, 9.17) is 9.47 Å². The van der Waals surface area contributed by atoms with Gasteiger partial charge in [0.15, 0.2) is 6.29 Å². The van der Waals surface area contributed by atoms with Gasteiger partial charge in [0, 0.05) is 6.61 Å². The Hall–Kier alpha value is 0.620. The Kier molecular flexibility index (Phi) is 6.70. The van der Waals surface area contributed by atoms with Gasteiger partial charge in [0.25, 0.3) is 0 Å². The van der Waals surface area contributed by atoms with Crippen LogP contribution < -0.4 is 0 Å². The van der Waals surface area contributed by atoms with Gasteiger partial charge in [-0.15, -0.1) is 23.5 Å². The van der Waals surface area contributed by atoms with E-state index in [-0.39, 0.29) is 6.29 Å². The molecule has 2 heterocycles. The third-order valence-electron chi connectivity index (χ3n) is 3.77. The van der Waals surface area contributed by atoms with Crippen molar-refractivity contribution in [3.8, 4) is 0 Å². The van der Waals surface area contributed by atoms with Crippen LogP contribution in [0.25, 0.3) is 0 Å². The minimum atomic E-state index is 0.0582. The zero-order chi connectivity index (χ0) is 12.8. The van der Waals surface area contributed by atoms with Crippen LogP contribution >= 0.6 is 23.5 Å². The highest BCUT2D eigenvalue weighted by Crippen LogP contribution is 2.36. The van der Waals surface area contributed by atoms with Gasteiger partial charge in [0.1, 0.15) is 0 Å². The Morgan fingerprint density at radius 1 is 1.17 bits per heavy atom. The molecule has 2 rings (SSSR count). The Labute approximate surface area is 120 Å². The molecule has 0 aliphatic carbocycles. The van der Waals surface area contributed by atoms with Crippen molar-refractivity contribution in [2.45, 2.75) is 62.9 Å². The van der Waals surface area contributed by atoms with Crippen molar-refractivity contribution in [1.82, 2.24) is 0 Å². The first kappa shape index (κ1) is 15.0. The summed E-state index contributed by atoms with van der Waals surface area (Å²) in [7, 11) is 0. The van der Waals surface area contributed by atoms with Gasteiger partial charge in [-0.2, -0.15) is 0 Å². The summed E-state index contributed by atoms with van der Waals surface area (Å²) in [6, 6.07) is 0. The van der Waals surface area contributed by atoms with Crippen molar-refractivity contribution in [2.24, 2.45) is 5.92 Å². The number of hydrogen-bond acceptors (Lipinski definition) is 4. The molecule has 2 saturated heterocycles. The lowest BCUT2D eigenvalue weighted by Crippen LogP contribution is -2.30. The molecule has 0 bridgehead atoms. The molecule has 0 aromatic heterocycles. The maximum Gasteiger partial charge on any atom is 0.157 e. The third kappa shape index (κ3) is 4.95. The van der Waals surface area contributed by atoms with Crippen molar-refractivity contribution in [3.63, 3.8) is 0 Å². The second-order valence-electron chi connectivity index (χ2n) is 5.38. The van der Waals surface area contributed by atoms with E-state index in [9.17, 15) is 0 Å². The largest absolute Gasteiger partial charge is 0.353 e. The second kappa shape index (κ2) is 8.03. The third-order valence-corrected chi connectivity index (χ3v) is 6.76. The number of hydrogen-bond donors (Lipinski definition) is 0. The maximum absolute atomic E-state index is 6.05. The van der Waals surface area contributed by atoms with Crippen LogP contribution in [0.15, 0.2) is 0 Å². The summed E-state index contributed by atoms with van der Waals surface area (Å²) < 4.78 is 12.5. The van der Waals surface area contributed by atoms with Crippen LogP contribution in [0, 0.1) is 5.92 Å². The molecule has 4 heteroatoms. The summed E-state index contributed by atoms with van der Waals surface area (Å²) >= 11 is 4.26. The van der Waals surface area contributed by atoms with E-state index in [0.29, 0.717) is 12.0 Å². The normalized spacial score (nSPS) is 30.0. The van der Waals surface area contributed by atoms with Crippen molar-refractivity contribution < 1.29 is 9.47 Å². The molecule has 0 aromatic carbocycles. The average molecular weight is 290 g/mol. The quantitative estimate of drug-likeness (QED) is 0.757. The van der Waals surface area contributed by atoms with Gasteiger partial charge in [0.05, 0.1) is 10.7 Å². The molecular weight excluding hydrogens is 264 g/mol. The lowest BCUT2D eigenvalue weighted by atomic mass is 10.0. The molecule has 2 aliphatic heterocycles. The predicted octanol–water partition coefficient (Wildman–Crippen LogP) is 4.14. The predicted molar refractivity (Wildman–Crippen MR) is 81.2 cm³/mol. The minimum absolute atomic E-state index is 0.0582. The van der Waals surface area contributed by atoms with Crippen molar-refractivity contribution in [1.29, 1.82) is 0 Å². The first-order valence-corrected chi connectivity index (χ1v) is 9.35. The molecule has 0 N–H and O–H groups in total. The molecule has 0 radical (unpaired) electrons. The van der Waals surface area contributed by atoms with E-state index >= 15 is 0 Å². The van der Waals surface area contributed by atoms with E-state index < -0.39 is 0 Å². The van der Waals surface area contributed by atoms with Gasteiger partial charge < -0.3 is 9.47 Å². The highest BCUT2D eigenvalue weighted by Gasteiger charge is 2.24. The van der Waals surface area contributed by atoms with Gasteiger partial charge in [-0.05, 0) is 56.5 Å². The second-order valence-corrected chi connectivity index (χ2v) is 8.29. The van der Waals surface area contributed by atoms with Gasteiger partial charge in [0.2, 0.25) is 0 Å². The Balaban J connectivity index is 1.68. The maximum atomic E-state index is 6.05. The zero-order valence-corrected chi connectivity index (χ0v) is 13.2. The molecule has 2 fully saturated rings. The summed E-state index contributed by atoms with van der Waals surface area (Å²) in [5.41, 5.74) is 0. The van der Waals surface area contributed by atoms with Crippen LogP contribution in [-0.4, -0.2) is 35.1 Å². The van der Waals surface area contributed by atoms with Crippen molar-refractivity contribution in [3.05, 3.63) is 0 Å². The Morgan fingerprint density at radius 3 is 2.61 bits per heavy atom. The van der Waals surface area contributed by atoms with Crippen LogP contribution in [0.5, 0.6) is 0 Å². The Morgan fingerprint density at radius 2 is 1.94 bits per heavy atom. The Bertz CT molecular complexity index is 202. The number of ether oxygens (including phenoxy) is 2. The molecule has 2 nitrogen and oxygen atoms in total.